The Labute approximate surface area is 210 Å². The van der Waals surface area contributed by atoms with Crippen LogP contribution in [0.25, 0.3) is 0 Å². The largest absolute Gasteiger partial charge is 0.467 e. The number of hydrogen-bond acceptors (Lipinski definition) is 7. The molecule has 1 amide bonds. The van der Waals surface area contributed by atoms with Crippen LogP contribution in [0.1, 0.15) is 54.1 Å². The summed E-state index contributed by atoms with van der Waals surface area (Å²) in [5.41, 5.74) is 2.07. The molecule has 0 saturated heterocycles. The van der Waals surface area contributed by atoms with E-state index in [1.165, 1.54) is 17.3 Å². The van der Waals surface area contributed by atoms with Crippen molar-refractivity contribution in [2.45, 2.75) is 50.2 Å². The van der Waals surface area contributed by atoms with Gasteiger partial charge >= 0.3 is 0 Å². The number of carbonyl (C=O) groups excluding carboxylic acids is 1. The monoisotopic (exact) mass is 490 g/mol. The zero-order valence-corrected chi connectivity index (χ0v) is 21.3. The van der Waals surface area contributed by atoms with Gasteiger partial charge in [0.1, 0.15) is 17.3 Å². The Morgan fingerprint density at radius 1 is 1.03 bits per heavy atom. The lowest BCUT2D eigenvalue weighted by Gasteiger charge is -2.23. The number of thioether (sulfide) groups is 1. The van der Waals surface area contributed by atoms with E-state index in [0.29, 0.717) is 29.0 Å². The van der Waals surface area contributed by atoms with E-state index in [-0.39, 0.29) is 17.1 Å². The molecule has 8 heteroatoms. The Morgan fingerprint density at radius 3 is 2.54 bits per heavy atom. The van der Waals surface area contributed by atoms with E-state index in [1.54, 1.807) is 18.4 Å². The van der Waals surface area contributed by atoms with Crippen molar-refractivity contribution in [1.82, 2.24) is 15.3 Å². The number of carbonyl (C=O) groups is 1. The minimum absolute atomic E-state index is 0.121. The number of rotatable bonds is 9. The van der Waals surface area contributed by atoms with Crippen molar-refractivity contribution in [2.75, 3.05) is 11.9 Å². The number of nitrogens with zero attached hydrogens (tertiary/aromatic N) is 3. The van der Waals surface area contributed by atoms with E-state index in [0.717, 1.165) is 18.1 Å². The van der Waals surface area contributed by atoms with Gasteiger partial charge in [0.05, 0.1) is 24.3 Å². The molecule has 0 bridgehead atoms. The minimum atomic E-state index is -0.284. The van der Waals surface area contributed by atoms with E-state index in [4.69, 9.17) is 18.8 Å². The summed E-state index contributed by atoms with van der Waals surface area (Å²) in [6.07, 6.45) is 1.57. The lowest BCUT2D eigenvalue weighted by molar-refractivity contribution is 0.0919. The Bertz CT molecular complexity index is 1250. The van der Waals surface area contributed by atoms with Gasteiger partial charge in [-0.25, -0.2) is 9.97 Å². The second kappa shape index (κ2) is 10.8. The molecule has 0 radical (unpaired) electrons. The fourth-order valence-electron chi connectivity index (χ4n) is 3.38. The van der Waals surface area contributed by atoms with Gasteiger partial charge in [0.15, 0.2) is 10.9 Å². The summed E-state index contributed by atoms with van der Waals surface area (Å²) < 4.78 is 11.0. The maximum atomic E-state index is 12.4. The second-order valence-corrected chi connectivity index (χ2v) is 10.2. The highest BCUT2D eigenvalue weighted by Crippen LogP contribution is 2.29. The van der Waals surface area contributed by atoms with Crippen LogP contribution >= 0.6 is 11.8 Å². The predicted molar refractivity (Wildman–Crippen MR) is 137 cm³/mol. The maximum absolute atomic E-state index is 12.4. The number of amides is 1. The van der Waals surface area contributed by atoms with Crippen molar-refractivity contribution in [3.05, 3.63) is 95.5 Å². The summed E-state index contributed by atoms with van der Waals surface area (Å²) in [5, 5.41) is 3.46. The van der Waals surface area contributed by atoms with E-state index in [9.17, 15) is 4.79 Å². The molecular weight excluding hydrogens is 460 g/mol. The third kappa shape index (κ3) is 6.76. The first-order valence-electron chi connectivity index (χ1n) is 11.4. The molecule has 7 nitrogen and oxygen atoms in total. The molecule has 35 heavy (non-hydrogen) atoms. The Balaban J connectivity index is 1.43. The van der Waals surface area contributed by atoms with Crippen LogP contribution in [0.5, 0.6) is 0 Å². The third-order valence-corrected chi connectivity index (χ3v) is 6.22. The highest BCUT2D eigenvalue weighted by Gasteiger charge is 2.20. The van der Waals surface area contributed by atoms with Crippen LogP contribution in [0.15, 0.2) is 80.9 Å². The third-order valence-electron chi connectivity index (χ3n) is 5.35. The molecule has 0 aliphatic carbocycles. The molecular formula is C27H30N4O3S. The number of aromatic nitrogens is 2. The van der Waals surface area contributed by atoms with Crippen LogP contribution in [-0.4, -0.2) is 22.9 Å². The molecule has 0 aliphatic heterocycles. The molecule has 182 valence electrons. The van der Waals surface area contributed by atoms with Crippen LogP contribution < -0.4 is 10.2 Å². The summed E-state index contributed by atoms with van der Waals surface area (Å²) >= 11 is 1.49. The van der Waals surface area contributed by atoms with Gasteiger partial charge in [0.2, 0.25) is 0 Å². The van der Waals surface area contributed by atoms with Crippen LogP contribution in [0.3, 0.4) is 0 Å². The van der Waals surface area contributed by atoms with Crippen LogP contribution in [-0.2, 0) is 24.3 Å². The van der Waals surface area contributed by atoms with Crippen molar-refractivity contribution in [3.8, 4) is 0 Å². The topological polar surface area (TPSA) is 84.4 Å². The number of benzene rings is 1. The molecule has 0 aliphatic rings. The minimum Gasteiger partial charge on any atom is -0.467 e. The number of hydrogen-bond donors (Lipinski definition) is 1. The van der Waals surface area contributed by atoms with Crippen molar-refractivity contribution in [2.24, 2.45) is 0 Å². The second-order valence-electron chi connectivity index (χ2n) is 9.30. The number of nitrogens with one attached hydrogen (secondary N) is 1. The standard InChI is InChI=1S/C27H30N4O3S/c1-27(2,3)23-15-24(31(4)17-19-9-6-5-7-10-19)30-26(29-23)35-18-21-12-13-22(34-21)25(32)28-16-20-11-8-14-33-20/h5-15H,16-18H2,1-4H3,(H,28,32). The lowest BCUT2D eigenvalue weighted by atomic mass is 9.92. The number of anilines is 1. The summed E-state index contributed by atoms with van der Waals surface area (Å²) in [6.45, 7) is 7.49. The first-order chi connectivity index (χ1) is 16.8. The molecule has 3 aromatic heterocycles. The molecule has 0 saturated carbocycles. The predicted octanol–water partition coefficient (Wildman–Crippen LogP) is 5.82. The molecule has 1 aromatic carbocycles. The Morgan fingerprint density at radius 2 is 1.83 bits per heavy atom. The van der Waals surface area contributed by atoms with Gasteiger partial charge in [-0.15, -0.1) is 0 Å². The van der Waals surface area contributed by atoms with Gasteiger partial charge in [0, 0.05) is 25.1 Å². The first kappa shape index (κ1) is 24.6. The van der Waals surface area contributed by atoms with Crippen molar-refractivity contribution < 1.29 is 13.6 Å². The maximum Gasteiger partial charge on any atom is 0.287 e. The summed E-state index contributed by atoms with van der Waals surface area (Å²) in [7, 11) is 2.04. The molecule has 4 rings (SSSR count). The molecule has 3 heterocycles. The fraction of sp³-hybridized carbons (Fsp3) is 0.296. The normalized spacial score (nSPS) is 11.4. The molecule has 0 atom stereocenters. The average molecular weight is 491 g/mol. The van der Waals surface area contributed by atoms with Gasteiger partial charge in [-0.05, 0) is 29.8 Å². The van der Waals surface area contributed by atoms with E-state index < -0.39 is 0 Å². The van der Waals surface area contributed by atoms with Gasteiger partial charge in [-0.3, -0.25) is 4.79 Å². The van der Waals surface area contributed by atoms with E-state index in [2.05, 4.69) is 49.2 Å². The van der Waals surface area contributed by atoms with Crippen LogP contribution in [0.2, 0.25) is 0 Å². The Hall–Kier alpha value is -3.52. The van der Waals surface area contributed by atoms with Crippen molar-refractivity contribution >= 4 is 23.5 Å². The highest BCUT2D eigenvalue weighted by molar-refractivity contribution is 7.98. The van der Waals surface area contributed by atoms with Gasteiger partial charge in [-0.1, -0.05) is 62.9 Å². The first-order valence-corrected chi connectivity index (χ1v) is 12.4. The van der Waals surface area contributed by atoms with Crippen molar-refractivity contribution in [1.29, 1.82) is 0 Å². The molecule has 4 aromatic rings. The van der Waals surface area contributed by atoms with E-state index >= 15 is 0 Å². The lowest BCUT2D eigenvalue weighted by Crippen LogP contribution is -2.21. The van der Waals surface area contributed by atoms with Gasteiger partial charge in [-0.2, -0.15) is 0 Å². The van der Waals surface area contributed by atoms with Crippen molar-refractivity contribution in [3.63, 3.8) is 0 Å². The molecule has 1 N–H and O–H groups in total. The van der Waals surface area contributed by atoms with Crippen LogP contribution in [0, 0.1) is 0 Å². The van der Waals surface area contributed by atoms with Crippen LogP contribution in [0.4, 0.5) is 5.82 Å². The summed E-state index contributed by atoms with van der Waals surface area (Å²) in [6, 6.07) is 19.5. The zero-order valence-electron chi connectivity index (χ0n) is 20.4. The molecule has 0 unspecified atom stereocenters. The number of furan rings is 2. The summed E-state index contributed by atoms with van der Waals surface area (Å²) in [4.78, 5) is 24.1. The smallest absolute Gasteiger partial charge is 0.287 e. The highest BCUT2D eigenvalue weighted by atomic mass is 32.2. The van der Waals surface area contributed by atoms with Gasteiger partial charge in [0.25, 0.3) is 5.91 Å². The Kier molecular flexibility index (Phi) is 7.60. The average Bonchev–Trinajstić information content (AvgIpc) is 3.53. The quantitative estimate of drug-likeness (QED) is 0.234. The van der Waals surface area contributed by atoms with Gasteiger partial charge < -0.3 is 19.1 Å². The fourth-order valence-corrected chi connectivity index (χ4v) is 4.12. The SMILES string of the molecule is CN(Cc1ccccc1)c1cc(C(C)(C)C)nc(SCc2ccc(C(=O)NCc3ccco3)o2)n1. The molecule has 0 fully saturated rings. The molecule has 0 spiro atoms. The zero-order chi connectivity index (χ0) is 24.8. The van der Waals surface area contributed by atoms with E-state index in [1.807, 2.05) is 37.4 Å². The summed E-state index contributed by atoms with van der Waals surface area (Å²) in [5.74, 6) is 2.73.